The van der Waals surface area contributed by atoms with Crippen LogP contribution in [0, 0.1) is 0 Å². The van der Waals surface area contributed by atoms with Crippen molar-refractivity contribution in [2.24, 2.45) is 0 Å². The fourth-order valence-corrected chi connectivity index (χ4v) is 2.00. The van der Waals surface area contributed by atoms with Gasteiger partial charge in [0.2, 0.25) is 0 Å². The molecule has 2 nitrogen and oxygen atoms in total. The Morgan fingerprint density at radius 2 is 1.93 bits per heavy atom. The third-order valence-electron chi connectivity index (χ3n) is 2.31. The molecule has 0 aliphatic heterocycles. The minimum atomic E-state index is 0.580. The van der Waals surface area contributed by atoms with Gasteiger partial charge in [-0.15, -0.1) is 0 Å². The van der Waals surface area contributed by atoms with Crippen LogP contribution in [0.15, 0.2) is 18.2 Å². The number of nitrogen functional groups attached to an aromatic ring is 1. The molecule has 15 heavy (non-hydrogen) atoms. The lowest BCUT2D eigenvalue weighted by atomic mass is 10.1. The second kappa shape index (κ2) is 3.87. The molecule has 1 heterocycles. The first kappa shape index (κ1) is 10.5. The molecule has 0 fully saturated rings. The maximum atomic E-state index is 6.05. The third-order valence-corrected chi connectivity index (χ3v) is 2.93. The lowest BCUT2D eigenvalue weighted by Crippen LogP contribution is -1.95. The van der Waals surface area contributed by atoms with Gasteiger partial charge >= 0.3 is 0 Å². The molecule has 1 aromatic carbocycles. The van der Waals surface area contributed by atoms with Crippen LogP contribution in [0.1, 0.15) is 12.6 Å². The second-order valence-electron chi connectivity index (χ2n) is 3.31. The van der Waals surface area contributed by atoms with E-state index in [0.717, 1.165) is 17.5 Å². The van der Waals surface area contributed by atoms with E-state index in [0.29, 0.717) is 21.2 Å². The van der Waals surface area contributed by atoms with Crippen LogP contribution in [0.5, 0.6) is 0 Å². The van der Waals surface area contributed by atoms with Crippen LogP contribution < -0.4 is 5.73 Å². The fraction of sp³-hybridized carbons (Fsp3) is 0.182. The predicted molar refractivity (Wildman–Crippen MR) is 65.6 cm³/mol. The number of aryl methyl sites for hydroxylation is 1. The van der Waals surface area contributed by atoms with Crippen molar-refractivity contribution < 1.29 is 0 Å². The second-order valence-corrected chi connectivity index (χ2v) is 4.12. The van der Waals surface area contributed by atoms with Crippen molar-refractivity contribution >= 4 is 39.8 Å². The van der Waals surface area contributed by atoms with Crippen LogP contribution >= 0.6 is 23.2 Å². The Bertz CT molecular complexity index is 523. The zero-order valence-corrected chi connectivity index (χ0v) is 9.73. The minimum Gasteiger partial charge on any atom is -0.398 e. The molecule has 1 aromatic heterocycles. The van der Waals surface area contributed by atoms with E-state index in [1.165, 1.54) is 0 Å². The number of rotatable bonds is 1. The molecule has 0 spiro atoms. The Balaban J connectivity index is 2.90. The van der Waals surface area contributed by atoms with Gasteiger partial charge in [0.1, 0.15) is 0 Å². The van der Waals surface area contributed by atoms with Crippen LogP contribution in [0.25, 0.3) is 10.9 Å². The number of benzene rings is 1. The van der Waals surface area contributed by atoms with E-state index in [1.807, 2.05) is 13.0 Å². The Kier molecular flexibility index (Phi) is 2.72. The highest BCUT2D eigenvalue weighted by Crippen LogP contribution is 2.32. The standard InChI is InChI=1S/C11H10Cl2N2/c1-2-6-5-9(14)10-7(12)3-4-8(13)11(10)15-6/h3-5H,2H2,1H3,(H2,14,15). The van der Waals surface area contributed by atoms with Crippen molar-refractivity contribution in [1.29, 1.82) is 0 Å². The highest BCUT2D eigenvalue weighted by atomic mass is 35.5. The average molecular weight is 241 g/mol. The molecule has 0 aliphatic rings. The summed E-state index contributed by atoms with van der Waals surface area (Å²) in [6.45, 7) is 2.02. The molecule has 0 aliphatic carbocycles. The quantitative estimate of drug-likeness (QED) is 0.826. The lowest BCUT2D eigenvalue weighted by Gasteiger charge is -2.07. The molecule has 2 N–H and O–H groups in total. The topological polar surface area (TPSA) is 38.9 Å². The third kappa shape index (κ3) is 1.75. The first-order valence-electron chi connectivity index (χ1n) is 4.66. The molecular weight excluding hydrogens is 231 g/mol. The number of nitrogens with zero attached hydrogens (tertiary/aromatic N) is 1. The summed E-state index contributed by atoms with van der Waals surface area (Å²) in [6, 6.07) is 5.30. The van der Waals surface area contributed by atoms with Crippen molar-refractivity contribution in [1.82, 2.24) is 4.98 Å². The van der Waals surface area contributed by atoms with Gasteiger partial charge in [0.05, 0.1) is 15.6 Å². The SMILES string of the molecule is CCc1cc(N)c2c(Cl)ccc(Cl)c2n1. The van der Waals surface area contributed by atoms with Gasteiger partial charge < -0.3 is 5.73 Å². The summed E-state index contributed by atoms with van der Waals surface area (Å²) in [6.07, 6.45) is 0.822. The van der Waals surface area contributed by atoms with E-state index in [9.17, 15) is 0 Å². The zero-order valence-electron chi connectivity index (χ0n) is 8.22. The van der Waals surface area contributed by atoms with Crippen molar-refractivity contribution in [3.8, 4) is 0 Å². The number of halogens is 2. The van der Waals surface area contributed by atoms with Crippen molar-refractivity contribution in [3.63, 3.8) is 0 Å². The molecule has 4 heteroatoms. The number of hydrogen-bond acceptors (Lipinski definition) is 2. The monoisotopic (exact) mass is 240 g/mol. The summed E-state index contributed by atoms with van der Waals surface area (Å²) in [5.41, 5.74) is 8.15. The summed E-state index contributed by atoms with van der Waals surface area (Å²) in [4.78, 5) is 4.42. The molecule has 0 bridgehead atoms. The Hall–Kier alpha value is -0.990. The predicted octanol–water partition coefficient (Wildman–Crippen LogP) is 3.69. The maximum absolute atomic E-state index is 6.05. The van der Waals surface area contributed by atoms with E-state index in [4.69, 9.17) is 28.9 Å². The average Bonchev–Trinajstić information content (AvgIpc) is 2.23. The zero-order chi connectivity index (χ0) is 11.0. The number of aromatic nitrogens is 1. The molecule has 0 saturated heterocycles. The molecule has 78 valence electrons. The molecule has 0 radical (unpaired) electrons. The van der Waals surface area contributed by atoms with Gasteiger partial charge in [0, 0.05) is 16.8 Å². The number of anilines is 1. The van der Waals surface area contributed by atoms with E-state index in [-0.39, 0.29) is 0 Å². The largest absolute Gasteiger partial charge is 0.398 e. The smallest absolute Gasteiger partial charge is 0.0927 e. The van der Waals surface area contributed by atoms with Gasteiger partial charge in [-0.05, 0) is 24.6 Å². The Morgan fingerprint density at radius 3 is 2.60 bits per heavy atom. The summed E-state index contributed by atoms with van der Waals surface area (Å²) in [5.74, 6) is 0. The Labute approximate surface area is 98.0 Å². The molecule has 2 rings (SSSR count). The number of fused-ring (bicyclic) bond motifs is 1. The van der Waals surface area contributed by atoms with Gasteiger partial charge in [0.25, 0.3) is 0 Å². The van der Waals surface area contributed by atoms with Crippen LogP contribution in [0.2, 0.25) is 10.0 Å². The summed E-state index contributed by atoms with van der Waals surface area (Å²) < 4.78 is 0. The number of pyridine rings is 1. The van der Waals surface area contributed by atoms with Crippen molar-refractivity contribution in [2.45, 2.75) is 13.3 Å². The summed E-state index contributed by atoms with van der Waals surface area (Å²) in [7, 11) is 0. The normalized spacial score (nSPS) is 10.9. The molecule has 0 saturated carbocycles. The van der Waals surface area contributed by atoms with Gasteiger partial charge in [-0.2, -0.15) is 0 Å². The number of nitrogens with two attached hydrogens (primary N) is 1. The van der Waals surface area contributed by atoms with E-state index >= 15 is 0 Å². The lowest BCUT2D eigenvalue weighted by molar-refractivity contribution is 1.06. The molecule has 2 aromatic rings. The molecule has 0 amide bonds. The van der Waals surface area contributed by atoms with Crippen LogP contribution in [-0.4, -0.2) is 4.98 Å². The van der Waals surface area contributed by atoms with Crippen molar-refractivity contribution in [2.75, 3.05) is 5.73 Å². The molecule has 0 atom stereocenters. The molecular formula is C11H10Cl2N2. The molecule has 0 unspecified atom stereocenters. The van der Waals surface area contributed by atoms with E-state index in [1.54, 1.807) is 12.1 Å². The summed E-state index contributed by atoms with van der Waals surface area (Å²) in [5, 5.41) is 1.90. The van der Waals surface area contributed by atoms with Crippen LogP contribution in [0.4, 0.5) is 5.69 Å². The maximum Gasteiger partial charge on any atom is 0.0927 e. The van der Waals surface area contributed by atoms with Gasteiger partial charge in [-0.25, -0.2) is 0 Å². The van der Waals surface area contributed by atoms with Gasteiger partial charge in [0.15, 0.2) is 0 Å². The highest BCUT2D eigenvalue weighted by Gasteiger charge is 2.09. The fourth-order valence-electron chi connectivity index (χ4n) is 1.53. The van der Waals surface area contributed by atoms with Gasteiger partial charge in [-0.3, -0.25) is 4.98 Å². The van der Waals surface area contributed by atoms with Crippen LogP contribution in [-0.2, 0) is 6.42 Å². The highest BCUT2D eigenvalue weighted by molar-refractivity contribution is 6.40. The van der Waals surface area contributed by atoms with Crippen LogP contribution in [0.3, 0.4) is 0 Å². The van der Waals surface area contributed by atoms with Gasteiger partial charge in [-0.1, -0.05) is 30.1 Å². The van der Waals surface area contributed by atoms with E-state index < -0.39 is 0 Å². The van der Waals surface area contributed by atoms with E-state index in [2.05, 4.69) is 4.98 Å². The summed E-state index contributed by atoms with van der Waals surface area (Å²) >= 11 is 12.1. The minimum absolute atomic E-state index is 0.580. The first-order valence-corrected chi connectivity index (χ1v) is 5.42. The first-order chi connectivity index (χ1) is 7.13. The Morgan fingerprint density at radius 1 is 1.27 bits per heavy atom. The number of hydrogen-bond donors (Lipinski definition) is 1. The van der Waals surface area contributed by atoms with Crippen molar-refractivity contribution in [3.05, 3.63) is 33.9 Å².